The van der Waals surface area contributed by atoms with Crippen molar-refractivity contribution >= 4 is 0 Å². The smallest absolute Gasteiger partial charge is 0.111 e. The molecule has 0 radical (unpaired) electrons. The molecule has 0 bridgehead atoms. The van der Waals surface area contributed by atoms with Crippen molar-refractivity contribution in [3.63, 3.8) is 0 Å². The molecule has 0 aliphatic carbocycles. The zero-order chi connectivity index (χ0) is 12.8. The average Bonchev–Trinajstić information content (AvgIpc) is 2.35. The SMILES string of the molecule is C=C(/C=C/CCCCCCCCCCC)OC. The van der Waals surface area contributed by atoms with Crippen LogP contribution in [0.4, 0.5) is 0 Å². The van der Waals surface area contributed by atoms with Crippen LogP contribution in [0, 0.1) is 0 Å². The lowest BCUT2D eigenvalue weighted by molar-refractivity contribution is 0.308. The second-order valence-corrected chi connectivity index (χ2v) is 4.69. The van der Waals surface area contributed by atoms with Crippen LogP contribution in [0.15, 0.2) is 24.5 Å². The van der Waals surface area contributed by atoms with Gasteiger partial charge in [0.05, 0.1) is 7.11 Å². The predicted molar refractivity (Wildman–Crippen MR) is 77.1 cm³/mol. The zero-order valence-corrected chi connectivity index (χ0v) is 11.8. The fraction of sp³-hybridized carbons (Fsp3) is 0.750. The molecule has 0 saturated heterocycles. The van der Waals surface area contributed by atoms with Crippen LogP contribution in [-0.4, -0.2) is 7.11 Å². The van der Waals surface area contributed by atoms with Crippen molar-refractivity contribution in [2.45, 2.75) is 71.1 Å². The molecule has 0 amide bonds. The minimum Gasteiger partial charge on any atom is -0.497 e. The van der Waals surface area contributed by atoms with Gasteiger partial charge in [-0.25, -0.2) is 0 Å². The third-order valence-electron chi connectivity index (χ3n) is 3.04. The van der Waals surface area contributed by atoms with Gasteiger partial charge in [0.1, 0.15) is 5.76 Å². The number of unbranched alkanes of at least 4 members (excludes halogenated alkanes) is 9. The monoisotopic (exact) mass is 238 g/mol. The number of hydrogen-bond donors (Lipinski definition) is 0. The van der Waals surface area contributed by atoms with Crippen molar-refractivity contribution in [2.75, 3.05) is 7.11 Å². The Morgan fingerprint density at radius 3 is 2.00 bits per heavy atom. The Kier molecular flexibility index (Phi) is 12.8. The third kappa shape index (κ3) is 13.2. The van der Waals surface area contributed by atoms with Crippen LogP contribution >= 0.6 is 0 Å². The van der Waals surface area contributed by atoms with E-state index in [-0.39, 0.29) is 0 Å². The number of allylic oxidation sites excluding steroid dienone is 2. The van der Waals surface area contributed by atoms with Gasteiger partial charge < -0.3 is 4.74 Å². The van der Waals surface area contributed by atoms with Gasteiger partial charge in [0.15, 0.2) is 0 Å². The van der Waals surface area contributed by atoms with E-state index in [1.807, 2.05) is 6.08 Å². The lowest BCUT2D eigenvalue weighted by atomic mass is 10.1. The predicted octanol–water partition coefficient (Wildman–Crippen LogP) is 5.62. The largest absolute Gasteiger partial charge is 0.497 e. The van der Waals surface area contributed by atoms with E-state index in [0.717, 1.165) is 12.2 Å². The molecule has 100 valence electrons. The lowest BCUT2D eigenvalue weighted by Gasteiger charge is -2.00. The Bertz CT molecular complexity index is 194. The maximum absolute atomic E-state index is 4.96. The van der Waals surface area contributed by atoms with E-state index < -0.39 is 0 Å². The Morgan fingerprint density at radius 2 is 1.47 bits per heavy atom. The van der Waals surface area contributed by atoms with E-state index in [4.69, 9.17) is 4.74 Å². The van der Waals surface area contributed by atoms with Gasteiger partial charge in [0.2, 0.25) is 0 Å². The molecule has 0 N–H and O–H groups in total. The summed E-state index contributed by atoms with van der Waals surface area (Å²) in [5.74, 6) is 0.751. The number of ether oxygens (including phenoxy) is 1. The van der Waals surface area contributed by atoms with Crippen LogP contribution < -0.4 is 0 Å². The van der Waals surface area contributed by atoms with Gasteiger partial charge in [-0.1, -0.05) is 70.9 Å². The molecule has 0 fully saturated rings. The highest BCUT2D eigenvalue weighted by Gasteiger charge is 1.91. The summed E-state index contributed by atoms with van der Waals surface area (Å²) in [5, 5.41) is 0. The molecule has 0 aromatic carbocycles. The second-order valence-electron chi connectivity index (χ2n) is 4.69. The van der Waals surface area contributed by atoms with Crippen molar-refractivity contribution < 1.29 is 4.74 Å². The lowest BCUT2D eigenvalue weighted by Crippen LogP contribution is -1.81. The van der Waals surface area contributed by atoms with E-state index in [1.54, 1.807) is 7.11 Å². The fourth-order valence-corrected chi connectivity index (χ4v) is 1.86. The molecule has 0 aliphatic rings. The molecule has 0 aromatic rings. The molecule has 0 saturated carbocycles. The van der Waals surface area contributed by atoms with Crippen LogP contribution in [0.3, 0.4) is 0 Å². The Hall–Kier alpha value is -0.720. The minimum absolute atomic E-state index is 0.751. The molecule has 1 heteroatoms. The van der Waals surface area contributed by atoms with Crippen LogP contribution in [0.5, 0.6) is 0 Å². The van der Waals surface area contributed by atoms with Gasteiger partial charge in [-0.3, -0.25) is 0 Å². The summed E-state index contributed by atoms with van der Waals surface area (Å²) in [6, 6.07) is 0. The highest BCUT2D eigenvalue weighted by atomic mass is 16.5. The molecular formula is C16H30O. The first-order chi connectivity index (χ1) is 8.31. The van der Waals surface area contributed by atoms with E-state index in [2.05, 4.69) is 19.6 Å². The molecule has 0 aliphatic heterocycles. The standard InChI is InChI=1S/C16H30O/c1-4-5-6-7-8-9-10-11-12-13-14-15-16(2)17-3/h14-15H,2,4-13H2,1,3H3/b15-14+. The van der Waals surface area contributed by atoms with Crippen LogP contribution in [0.2, 0.25) is 0 Å². The van der Waals surface area contributed by atoms with E-state index in [9.17, 15) is 0 Å². The molecule has 0 rings (SSSR count). The van der Waals surface area contributed by atoms with Gasteiger partial charge in [0.25, 0.3) is 0 Å². The van der Waals surface area contributed by atoms with Crippen molar-refractivity contribution in [1.29, 1.82) is 0 Å². The number of methoxy groups -OCH3 is 1. The fourth-order valence-electron chi connectivity index (χ4n) is 1.86. The summed E-state index contributed by atoms with van der Waals surface area (Å²) < 4.78 is 4.96. The second kappa shape index (κ2) is 13.3. The highest BCUT2D eigenvalue weighted by molar-refractivity contribution is 5.06. The topological polar surface area (TPSA) is 9.23 Å². The van der Waals surface area contributed by atoms with E-state index >= 15 is 0 Å². The molecule has 0 spiro atoms. The summed E-state index contributed by atoms with van der Waals surface area (Å²) >= 11 is 0. The molecule has 0 atom stereocenters. The summed E-state index contributed by atoms with van der Waals surface area (Å²) in [7, 11) is 1.66. The third-order valence-corrected chi connectivity index (χ3v) is 3.04. The first-order valence-corrected chi connectivity index (χ1v) is 7.20. The van der Waals surface area contributed by atoms with Crippen molar-refractivity contribution in [3.8, 4) is 0 Å². The average molecular weight is 238 g/mol. The van der Waals surface area contributed by atoms with Crippen molar-refractivity contribution in [2.24, 2.45) is 0 Å². The van der Waals surface area contributed by atoms with Crippen LogP contribution in [0.25, 0.3) is 0 Å². The van der Waals surface area contributed by atoms with Crippen molar-refractivity contribution in [1.82, 2.24) is 0 Å². The minimum atomic E-state index is 0.751. The first kappa shape index (κ1) is 16.3. The zero-order valence-electron chi connectivity index (χ0n) is 11.8. The van der Waals surface area contributed by atoms with Gasteiger partial charge in [-0.2, -0.15) is 0 Å². The summed E-state index contributed by atoms with van der Waals surface area (Å²) in [6.07, 6.45) is 17.8. The highest BCUT2D eigenvalue weighted by Crippen LogP contribution is 2.10. The maximum atomic E-state index is 4.96. The quantitative estimate of drug-likeness (QED) is 0.243. The van der Waals surface area contributed by atoms with Crippen LogP contribution in [0.1, 0.15) is 71.1 Å². The summed E-state index contributed by atoms with van der Waals surface area (Å²) in [6.45, 7) is 6.02. The van der Waals surface area contributed by atoms with E-state index in [0.29, 0.717) is 0 Å². The molecular weight excluding hydrogens is 208 g/mol. The van der Waals surface area contributed by atoms with E-state index in [1.165, 1.54) is 57.8 Å². The van der Waals surface area contributed by atoms with Crippen LogP contribution in [-0.2, 0) is 4.74 Å². The Balaban J connectivity index is 3.08. The summed E-state index contributed by atoms with van der Waals surface area (Å²) in [4.78, 5) is 0. The van der Waals surface area contributed by atoms with Crippen molar-refractivity contribution in [3.05, 3.63) is 24.5 Å². The molecule has 1 nitrogen and oxygen atoms in total. The molecule has 0 unspecified atom stereocenters. The number of hydrogen-bond acceptors (Lipinski definition) is 1. The van der Waals surface area contributed by atoms with Gasteiger partial charge in [0, 0.05) is 0 Å². The van der Waals surface area contributed by atoms with Gasteiger partial charge in [-0.05, 0) is 18.9 Å². The Morgan fingerprint density at radius 1 is 0.941 bits per heavy atom. The molecule has 17 heavy (non-hydrogen) atoms. The Labute approximate surface area is 108 Å². The molecule has 0 aromatic heterocycles. The first-order valence-electron chi connectivity index (χ1n) is 7.20. The maximum Gasteiger partial charge on any atom is 0.111 e. The normalized spacial score (nSPS) is 10.9. The summed E-state index contributed by atoms with van der Waals surface area (Å²) in [5.41, 5.74) is 0. The number of rotatable bonds is 12. The van der Waals surface area contributed by atoms with Gasteiger partial charge in [-0.15, -0.1) is 0 Å². The molecule has 0 heterocycles. The van der Waals surface area contributed by atoms with Gasteiger partial charge >= 0.3 is 0 Å².